The summed E-state index contributed by atoms with van der Waals surface area (Å²) in [5, 5.41) is 15.0. The summed E-state index contributed by atoms with van der Waals surface area (Å²) in [6.07, 6.45) is 2.67. The molecule has 1 N–H and O–H groups in total. The van der Waals surface area contributed by atoms with E-state index in [4.69, 9.17) is 4.98 Å². The second-order valence-corrected chi connectivity index (χ2v) is 7.36. The lowest BCUT2D eigenvalue weighted by atomic mass is 10.0. The van der Waals surface area contributed by atoms with E-state index in [-0.39, 0.29) is 18.1 Å². The molecule has 0 spiro atoms. The molecule has 3 aromatic rings. The maximum Gasteiger partial charge on any atom is 0.254 e. The third-order valence-electron chi connectivity index (χ3n) is 5.11. The zero-order chi connectivity index (χ0) is 19.0. The number of aliphatic hydroxyl groups is 1. The van der Waals surface area contributed by atoms with Crippen LogP contribution in [-0.2, 0) is 0 Å². The molecule has 0 saturated carbocycles. The number of carbonyl (C=O) groups is 1. The minimum absolute atomic E-state index is 0.0187. The van der Waals surface area contributed by atoms with E-state index in [1.807, 2.05) is 46.0 Å². The van der Waals surface area contributed by atoms with Gasteiger partial charge in [-0.15, -0.1) is 0 Å². The summed E-state index contributed by atoms with van der Waals surface area (Å²) in [5.41, 5.74) is 3.10. The summed E-state index contributed by atoms with van der Waals surface area (Å²) in [7, 11) is 0. The summed E-state index contributed by atoms with van der Waals surface area (Å²) < 4.78 is 1.86. The van der Waals surface area contributed by atoms with Crippen LogP contribution in [0.4, 0.5) is 0 Å². The van der Waals surface area contributed by atoms with Gasteiger partial charge in [0.2, 0.25) is 0 Å². The van der Waals surface area contributed by atoms with E-state index in [1.165, 1.54) is 0 Å². The molecule has 3 heterocycles. The summed E-state index contributed by atoms with van der Waals surface area (Å²) >= 11 is 0. The van der Waals surface area contributed by atoms with Crippen molar-refractivity contribution in [2.24, 2.45) is 0 Å². The van der Waals surface area contributed by atoms with Gasteiger partial charge in [0.1, 0.15) is 0 Å². The number of hydrogen-bond donors (Lipinski definition) is 1. The maximum atomic E-state index is 13.3. The molecule has 1 aliphatic heterocycles. The Morgan fingerprint density at radius 3 is 2.56 bits per heavy atom. The van der Waals surface area contributed by atoms with Crippen molar-refractivity contribution in [2.45, 2.75) is 38.8 Å². The van der Waals surface area contributed by atoms with Crippen LogP contribution in [0.25, 0.3) is 22.3 Å². The molecule has 1 amide bonds. The topological polar surface area (TPSA) is 71.2 Å². The van der Waals surface area contributed by atoms with E-state index >= 15 is 0 Å². The number of rotatable bonds is 3. The van der Waals surface area contributed by atoms with Crippen LogP contribution in [0.1, 0.15) is 43.1 Å². The van der Waals surface area contributed by atoms with Crippen LogP contribution in [0.15, 0.2) is 42.6 Å². The van der Waals surface area contributed by atoms with Gasteiger partial charge in [-0.25, -0.2) is 9.67 Å². The molecule has 0 bridgehead atoms. The quantitative estimate of drug-likeness (QED) is 0.774. The predicted octanol–water partition coefficient (Wildman–Crippen LogP) is 3.28. The molecule has 4 rings (SSSR count). The van der Waals surface area contributed by atoms with Gasteiger partial charge in [0.25, 0.3) is 5.91 Å². The Kier molecular flexibility index (Phi) is 4.66. The third-order valence-corrected chi connectivity index (χ3v) is 5.11. The minimum Gasteiger partial charge on any atom is -0.393 e. The van der Waals surface area contributed by atoms with E-state index < -0.39 is 0 Å². The molecule has 0 radical (unpaired) electrons. The SMILES string of the molecule is CC(C)n1ncc2c(C(=O)N3CCC(O)CC3)cc(-c3ccccc3)nc21. The van der Waals surface area contributed by atoms with Crippen molar-refractivity contribution < 1.29 is 9.90 Å². The molecule has 1 saturated heterocycles. The summed E-state index contributed by atoms with van der Waals surface area (Å²) in [6.45, 7) is 5.25. The Balaban J connectivity index is 1.84. The van der Waals surface area contributed by atoms with Gasteiger partial charge in [0.05, 0.1) is 28.9 Å². The number of fused-ring (bicyclic) bond motifs is 1. The second kappa shape index (κ2) is 7.12. The fourth-order valence-corrected chi connectivity index (χ4v) is 3.57. The van der Waals surface area contributed by atoms with Crippen LogP contribution in [0.3, 0.4) is 0 Å². The van der Waals surface area contributed by atoms with Gasteiger partial charge in [-0.2, -0.15) is 5.10 Å². The first-order chi connectivity index (χ1) is 13.0. The van der Waals surface area contributed by atoms with Gasteiger partial charge in [-0.05, 0) is 32.8 Å². The first kappa shape index (κ1) is 17.7. The van der Waals surface area contributed by atoms with Gasteiger partial charge in [-0.3, -0.25) is 4.79 Å². The zero-order valence-electron chi connectivity index (χ0n) is 15.7. The van der Waals surface area contributed by atoms with Crippen LogP contribution in [0.2, 0.25) is 0 Å². The van der Waals surface area contributed by atoms with Gasteiger partial charge in [0.15, 0.2) is 5.65 Å². The Morgan fingerprint density at radius 2 is 1.89 bits per heavy atom. The number of amides is 1. The summed E-state index contributed by atoms with van der Waals surface area (Å²) in [5.74, 6) is -0.0187. The fourth-order valence-electron chi connectivity index (χ4n) is 3.57. The first-order valence-corrected chi connectivity index (χ1v) is 9.45. The zero-order valence-corrected chi connectivity index (χ0v) is 15.7. The minimum atomic E-state index is -0.310. The molecule has 1 fully saturated rings. The number of aromatic nitrogens is 3. The fraction of sp³-hybridized carbons (Fsp3) is 0.381. The van der Waals surface area contributed by atoms with E-state index in [0.29, 0.717) is 31.5 Å². The van der Waals surface area contributed by atoms with Crippen molar-refractivity contribution in [2.75, 3.05) is 13.1 Å². The van der Waals surface area contributed by atoms with E-state index in [2.05, 4.69) is 18.9 Å². The van der Waals surface area contributed by atoms with Crippen LogP contribution in [0, 0.1) is 0 Å². The van der Waals surface area contributed by atoms with Crippen LogP contribution < -0.4 is 0 Å². The Morgan fingerprint density at radius 1 is 1.19 bits per heavy atom. The van der Waals surface area contributed by atoms with Crippen LogP contribution in [0.5, 0.6) is 0 Å². The number of hydrogen-bond acceptors (Lipinski definition) is 4. The number of benzene rings is 1. The van der Waals surface area contributed by atoms with Crippen molar-refractivity contribution in [3.63, 3.8) is 0 Å². The number of likely N-dealkylation sites (tertiary alicyclic amines) is 1. The molecule has 140 valence electrons. The number of aliphatic hydroxyl groups excluding tert-OH is 1. The van der Waals surface area contributed by atoms with E-state index in [9.17, 15) is 9.90 Å². The highest BCUT2D eigenvalue weighted by molar-refractivity contribution is 6.06. The van der Waals surface area contributed by atoms with Gasteiger partial charge in [-0.1, -0.05) is 30.3 Å². The van der Waals surface area contributed by atoms with E-state index in [1.54, 1.807) is 6.20 Å². The van der Waals surface area contributed by atoms with Gasteiger partial charge < -0.3 is 10.0 Å². The largest absolute Gasteiger partial charge is 0.393 e. The molecule has 0 unspecified atom stereocenters. The molecule has 1 aromatic carbocycles. The molecule has 27 heavy (non-hydrogen) atoms. The standard InChI is InChI=1S/C21H24N4O2/c1-14(2)25-20-18(13-22-25)17(21(27)24-10-8-16(26)9-11-24)12-19(23-20)15-6-4-3-5-7-15/h3-7,12-14,16,26H,8-11H2,1-2H3. The van der Waals surface area contributed by atoms with Crippen LogP contribution >= 0.6 is 0 Å². The second-order valence-electron chi connectivity index (χ2n) is 7.36. The monoisotopic (exact) mass is 364 g/mol. The highest BCUT2D eigenvalue weighted by atomic mass is 16.3. The Bertz CT molecular complexity index is 957. The summed E-state index contributed by atoms with van der Waals surface area (Å²) in [6, 6.07) is 11.9. The normalized spacial score (nSPS) is 15.6. The molecule has 2 aromatic heterocycles. The lowest BCUT2D eigenvalue weighted by Crippen LogP contribution is -2.40. The van der Waals surface area contributed by atoms with E-state index in [0.717, 1.165) is 22.3 Å². The van der Waals surface area contributed by atoms with Crippen molar-refractivity contribution in [1.82, 2.24) is 19.7 Å². The average molecular weight is 364 g/mol. The smallest absolute Gasteiger partial charge is 0.254 e. The molecule has 6 heteroatoms. The van der Waals surface area contributed by atoms with Crippen molar-refractivity contribution in [3.05, 3.63) is 48.2 Å². The third kappa shape index (κ3) is 3.32. The number of piperidine rings is 1. The molecular formula is C21H24N4O2. The molecule has 1 aliphatic rings. The maximum absolute atomic E-state index is 13.3. The van der Waals surface area contributed by atoms with Crippen molar-refractivity contribution >= 4 is 16.9 Å². The first-order valence-electron chi connectivity index (χ1n) is 9.45. The molecular weight excluding hydrogens is 340 g/mol. The Labute approximate surface area is 158 Å². The molecule has 0 atom stereocenters. The molecule has 6 nitrogen and oxygen atoms in total. The highest BCUT2D eigenvalue weighted by Gasteiger charge is 2.25. The predicted molar refractivity (Wildman–Crippen MR) is 104 cm³/mol. The van der Waals surface area contributed by atoms with Gasteiger partial charge >= 0.3 is 0 Å². The lowest BCUT2D eigenvalue weighted by molar-refractivity contribution is 0.0548. The molecule has 0 aliphatic carbocycles. The number of pyridine rings is 1. The number of carbonyl (C=O) groups excluding carboxylic acids is 1. The van der Waals surface area contributed by atoms with Crippen molar-refractivity contribution in [3.8, 4) is 11.3 Å². The Hall–Kier alpha value is -2.73. The van der Waals surface area contributed by atoms with Crippen LogP contribution in [-0.4, -0.2) is 49.9 Å². The van der Waals surface area contributed by atoms with Crippen molar-refractivity contribution in [1.29, 1.82) is 0 Å². The lowest BCUT2D eigenvalue weighted by Gasteiger charge is -2.29. The summed E-state index contributed by atoms with van der Waals surface area (Å²) in [4.78, 5) is 19.9. The average Bonchev–Trinajstić information content (AvgIpc) is 3.12. The van der Waals surface area contributed by atoms with Gasteiger partial charge in [0, 0.05) is 24.7 Å². The highest BCUT2D eigenvalue weighted by Crippen LogP contribution is 2.28. The number of nitrogens with zero attached hydrogens (tertiary/aromatic N) is 4.